The fraction of sp³-hybridized carbons (Fsp3) is 0.0625. The molecule has 0 aliphatic rings. The molecule has 100 valence electrons. The number of amides is 2. The van der Waals surface area contributed by atoms with Crippen molar-refractivity contribution >= 4 is 23.3 Å². The van der Waals surface area contributed by atoms with Crippen LogP contribution in [0.5, 0.6) is 0 Å². The number of urea groups is 1. The fourth-order valence-electron chi connectivity index (χ4n) is 1.53. The smallest absolute Gasteiger partial charge is 0.319 e. The Balaban J connectivity index is 1.80. The molecule has 0 spiro atoms. The molecule has 0 atom stereocenters. The zero-order valence-corrected chi connectivity index (χ0v) is 11.4. The molecule has 3 nitrogen and oxygen atoms in total. The van der Waals surface area contributed by atoms with Crippen LogP contribution in [0.4, 0.5) is 10.5 Å². The lowest BCUT2D eigenvalue weighted by Gasteiger charge is -2.04. The van der Waals surface area contributed by atoms with E-state index in [1.165, 1.54) is 0 Å². The first-order chi connectivity index (χ1) is 9.74. The first kappa shape index (κ1) is 14.0. The molecule has 0 radical (unpaired) electrons. The lowest BCUT2D eigenvalue weighted by molar-refractivity contribution is 0.253. The van der Waals surface area contributed by atoms with E-state index in [2.05, 4.69) is 22.5 Å². The van der Waals surface area contributed by atoms with Crippen LogP contribution in [0.1, 0.15) is 5.56 Å². The van der Waals surface area contributed by atoms with Gasteiger partial charge in [0.2, 0.25) is 0 Å². The van der Waals surface area contributed by atoms with Crippen molar-refractivity contribution in [1.29, 1.82) is 0 Å². The number of para-hydroxylation sites is 1. The molecular formula is C16H13ClN2O. The Morgan fingerprint density at radius 1 is 1.10 bits per heavy atom. The Kier molecular flexibility index (Phi) is 5.05. The van der Waals surface area contributed by atoms with E-state index < -0.39 is 0 Å². The number of hydrogen-bond donors (Lipinski definition) is 2. The van der Waals surface area contributed by atoms with Crippen molar-refractivity contribution in [2.24, 2.45) is 0 Å². The van der Waals surface area contributed by atoms with Crippen molar-refractivity contribution in [3.8, 4) is 11.8 Å². The van der Waals surface area contributed by atoms with Crippen molar-refractivity contribution in [2.45, 2.75) is 0 Å². The second-order valence-corrected chi connectivity index (χ2v) is 4.42. The molecule has 0 saturated carbocycles. The van der Waals surface area contributed by atoms with Crippen LogP contribution in [-0.4, -0.2) is 12.6 Å². The van der Waals surface area contributed by atoms with Crippen molar-refractivity contribution in [1.82, 2.24) is 5.32 Å². The van der Waals surface area contributed by atoms with Crippen LogP contribution in [0.25, 0.3) is 0 Å². The summed E-state index contributed by atoms with van der Waals surface area (Å²) in [4.78, 5) is 11.6. The first-order valence-corrected chi connectivity index (χ1v) is 6.46. The SMILES string of the molecule is O=C(NCC#Cc1cccc(Cl)c1)Nc1ccccc1. The molecule has 0 heterocycles. The Labute approximate surface area is 123 Å². The Bertz CT molecular complexity index is 644. The Morgan fingerprint density at radius 2 is 1.90 bits per heavy atom. The van der Waals surface area contributed by atoms with Gasteiger partial charge in [-0.2, -0.15) is 0 Å². The molecule has 0 saturated heterocycles. The maximum Gasteiger partial charge on any atom is 0.319 e. The van der Waals surface area contributed by atoms with E-state index >= 15 is 0 Å². The zero-order chi connectivity index (χ0) is 14.2. The van der Waals surface area contributed by atoms with Gasteiger partial charge in [-0.1, -0.05) is 47.7 Å². The summed E-state index contributed by atoms with van der Waals surface area (Å²) in [7, 11) is 0. The van der Waals surface area contributed by atoms with Gasteiger partial charge in [0.15, 0.2) is 0 Å². The number of hydrogen-bond acceptors (Lipinski definition) is 1. The largest absolute Gasteiger partial charge is 0.327 e. The number of carbonyl (C=O) groups is 1. The van der Waals surface area contributed by atoms with Gasteiger partial charge in [0, 0.05) is 16.3 Å². The maximum absolute atomic E-state index is 11.6. The minimum atomic E-state index is -0.281. The van der Waals surface area contributed by atoms with Gasteiger partial charge in [0.05, 0.1) is 6.54 Å². The summed E-state index contributed by atoms with van der Waals surface area (Å²) in [5.74, 6) is 5.79. The Morgan fingerprint density at radius 3 is 2.65 bits per heavy atom. The topological polar surface area (TPSA) is 41.1 Å². The fourth-order valence-corrected chi connectivity index (χ4v) is 1.72. The molecule has 0 aliphatic carbocycles. The monoisotopic (exact) mass is 284 g/mol. The number of rotatable bonds is 2. The van der Waals surface area contributed by atoms with Gasteiger partial charge in [-0.25, -0.2) is 4.79 Å². The molecule has 2 N–H and O–H groups in total. The Hall–Kier alpha value is -2.44. The average molecular weight is 285 g/mol. The molecule has 20 heavy (non-hydrogen) atoms. The summed E-state index contributed by atoms with van der Waals surface area (Å²) in [6, 6.07) is 16.2. The van der Waals surface area contributed by atoms with Crippen molar-refractivity contribution < 1.29 is 4.79 Å². The molecular weight excluding hydrogens is 272 g/mol. The zero-order valence-electron chi connectivity index (χ0n) is 10.7. The van der Waals surface area contributed by atoms with Crippen molar-refractivity contribution in [2.75, 3.05) is 11.9 Å². The number of benzene rings is 2. The first-order valence-electron chi connectivity index (χ1n) is 6.08. The van der Waals surface area contributed by atoms with Gasteiger partial charge >= 0.3 is 6.03 Å². The third-order valence-electron chi connectivity index (χ3n) is 2.43. The van der Waals surface area contributed by atoms with Crippen LogP contribution < -0.4 is 10.6 Å². The van der Waals surface area contributed by atoms with Gasteiger partial charge in [-0.3, -0.25) is 0 Å². The van der Waals surface area contributed by atoms with Crippen LogP contribution in [0, 0.1) is 11.8 Å². The summed E-state index contributed by atoms with van der Waals surface area (Å²) in [5, 5.41) is 6.02. The second-order valence-electron chi connectivity index (χ2n) is 3.99. The van der Waals surface area contributed by atoms with Gasteiger partial charge in [-0.15, -0.1) is 0 Å². The third-order valence-corrected chi connectivity index (χ3v) is 2.66. The van der Waals surface area contributed by atoms with Crippen LogP contribution in [0.3, 0.4) is 0 Å². The highest BCUT2D eigenvalue weighted by molar-refractivity contribution is 6.30. The quantitative estimate of drug-likeness (QED) is 0.814. The number of anilines is 1. The molecule has 2 amide bonds. The number of carbonyl (C=O) groups excluding carboxylic acids is 1. The van der Waals surface area contributed by atoms with E-state index in [4.69, 9.17) is 11.6 Å². The summed E-state index contributed by atoms with van der Waals surface area (Å²) in [5.41, 5.74) is 1.57. The van der Waals surface area contributed by atoms with E-state index in [0.717, 1.165) is 11.3 Å². The van der Waals surface area contributed by atoms with Crippen LogP contribution >= 0.6 is 11.6 Å². The molecule has 0 bridgehead atoms. The molecule has 0 aromatic heterocycles. The van der Waals surface area contributed by atoms with E-state index in [-0.39, 0.29) is 12.6 Å². The molecule has 0 unspecified atom stereocenters. The van der Waals surface area contributed by atoms with Crippen molar-refractivity contribution in [3.63, 3.8) is 0 Å². The average Bonchev–Trinajstić information content (AvgIpc) is 2.45. The predicted molar refractivity (Wildman–Crippen MR) is 81.8 cm³/mol. The van der Waals surface area contributed by atoms with Crippen LogP contribution in [0.2, 0.25) is 5.02 Å². The summed E-state index contributed by atoms with van der Waals surface area (Å²) in [6.07, 6.45) is 0. The lowest BCUT2D eigenvalue weighted by Crippen LogP contribution is -2.28. The van der Waals surface area contributed by atoms with E-state index in [9.17, 15) is 4.79 Å². The standard InChI is InChI=1S/C16H13ClN2O/c17-14-8-4-6-13(12-14)7-5-11-18-16(20)19-15-9-2-1-3-10-15/h1-4,6,8-10,12H,11H2,(H2,18,19,20). The molecule has 0 aliphatic heterocycles. The minimum absolute atomic E-state index is 0.269. The highest BCUT2D eigenvalue weighted by Gasteiger charge is 1.97. The molecule has 2 aromatic carbocycles. The van der Waals surface area contributed by atoms with Gasteiger partial charge in [0.25, 0.3) is 0 Å². The molecule has 4 heteroatoms. The lowest BCUT2D eigenvalue weighted by atomic mass is 10.2. The molecule has 2 aromatic rings. The minimum Gasteiger partial charge on any atom is -0.327 e. The van der Waals surface area contributed by atoms with Crippen LogP contribution in [-0.2, 0) is 0 Å². The van der Waals surface area contributed by atoms with Gasteiger partial charge in [-0.05, 0) is 30.3 Å². The maximum atomic E-state index is 11.6. The normalized spacial score (nSPS) is 9.25. The van der Waals surface area contributed by atoms with Crippen molar-refractivity contribution in [3.05, 3.63) is 65.2 Å². The second kappa shape index (κ2) is 7.22. The highest BCUT2D eigenvalue weighted by Crippen LogP contribution is 2.09. The van der Waals surface area contributed by atoms with E-state index in [1.54, 1.807) is 12.1 Å². The van der Waals surface area contributed by atoms with Crippen LogP contribution in [0.15, 0.2) is 54.6 Å². The third kappa shape index (κ3) is 4.68. The summed E-state index contributed by atoms with van der Waals surface area (Å²) < 4.78 is 0. The van der Waals surface area contributed by atoms with E-state index in [1.807, 2.05) is 42.5 Å². The number of nitrogens with one attached hydrogen (secondary N) is 2. The predicted octanol–water partition coefficient (Wildman–Crippen LogP) is 3.51. The summed E-state index contributed by atoms with van der Waals surface area (Å²) in [6.45, 7) is 0.269. The van der Waals surface area contributed by atoms with E-state index in [0.29, 0.717) is 5.02 Å². The highest BCUT2D eigenvalue weighted by atomic mass is 35.5. The van der Waals surface area contributed by atoms with Gasteiger partial charge < -0.3 is 10.6 Å². The van der Waals surface area contributed by atoms with Gasteiger partial charge in [0.1, 0.15) is 0 Å². The summed E-state index contributed by atoms with van der Waals surface area (Å²) >= 11 is 5.85. The number of halogens is 1. The molecule has 0 fully saturated rings. The molecule has 2 rings (SSSR count).